The Labute approximate surface area is 184 Å². The zero-order chi connectivity index (χ0) is 22.7. The smallest absolute Gasteiger partial charge is 0.256 e. The third kappa shape index (κ3) is 4.84. The van der Waals surface area contributed by atoms with Crippen LogP contribution in [0.25, 0.3) is 22.8 Å². The van der Waals surface area contributed by atoms with Gasteiger partial charge in [-0.2, -0.15) is 0 Å². The van der Waals surface area contributed by atoms with Gasteiger partial charge in [0.2, 0.25) is 15.9 Å². The fourth-order valence-corrected chi connectivity index (χ4v) is 3.64. The summed E-state index contributed by atoms with van der Waals surface area (Å²) in [4.78, 5) is 17.3. The molecule has 162 valence electrons. The van der Waals surface area contributed by atoms with Crippen molar-refractivity contribution in [2.75, 3.05) is 16.3 Å². The highest BCUT2D eigenvalue weighted by Crippen LogP contribution is 2.29. The maximum atomic E-state index is 13.9. The average molecular weight is 451 g/mol. The van der Waals surface area contributed by atoms with Gasteiger partial charge in [0.15, 0.2) is 5.76 Å². The minimum absolute atomic E-state index is 0.217. The van der Waals surface area contributed by atoms with Crippen LogP contribution in [-0.2, 0) is 10.0 Å². The van der Waals surface area contributed by atoms with Crippen LogP contribution in [0.4, 0.5) is 15.8 Å². The summed E-state index contributed by atoms with van der Waals surface area (Å²) in [5.74, 6) is -0.419. The van der Waals surface area contributed by atoms with Crippen molar-refractivity contribution >= 4 is 27.3 Å². The molecule has 4 aromatic rings. The molecule has 0 bridgehead atoms. The Hall–Kier alpha value is -3.98. The number of halogens is 1. The predicted molar refractivity (Wildman–Crippen MR) is 120 cm³/mol. The van der Waals surface area contributed by atoms with E-state index >= 15 is 0 Å². The molecule has 0 saturated heterocycles. The first kappa shape index (κ1) is 21.3. The highest BCUT2D eigenvalue weighted by atomic mass is 32.2. The van der Waals surface area contributed by atoms with Crippen LogP contribution in [0.5, 0.6) is 0 Å². The van der Waals surface area contributed by atoms with Gasteiger partial charge in [0.1, 0.15) is 5.82 Å². The van der Waals surface area contributed by atoms with Gasteiger partial charge in [-0.15, -0.1) is 0 Å². The van der Waals surface area contributed by atoms with Crippen molar-refractivity contribution in [3.8, 4) is 22.8 Å². The quantitative estimate of drug-likeness (QED) is 0.440. The minimum atomic E-state index is -3.68. The van der Waals surface area contributed by atoms with E-state index in [1.807, 2.05) is 30.3 Å². The lowest BCUT2D eigenvalue weighted by atomic mass is 10.1. The first-order chi connectivity index (χ1) is 15.3. The zero-order valence-electron chi connectivity index (χ0n) is 16.9. The van der Waals surface area contributed by atoms with Crippen molar-refractivity contribution < 1.29 is 22.0 Å². The maximum absolute atomic E-state index is 13.9. The molecular weight excluding hydrogens is 433 g/mol. The number of nitrogens with zero attached hydrogens (tertiary/aromatic N) is 1. The number of nitrogens with one attached hydrogen (secondary N) is 2. The molecule has 7 nitrogen and oxygen atoms in total. The highest BCUT2D eigenvalue weighted by Gasteiger charge is 2.18. The largest absolute Gasteiger partial charge is 0.436 e. The number of rotatable bonds is 6. The number of carbonyl (C=O) groups is 1. The zero-order valence-corrected chi connectivity index (χ0v) is 17.7. The first-order valence-corrected chi connectivity index (χ1v) is 11.4. The van der Waals surface area contributed by atoms with Crippen LogP contribution in [0.1, 0.15) is 10.4 Å². The molecule has 3 aromatic carbocycles. The molecule has 0 aliphatic rings. The molecule has 2 N–H and O–H groups in total. The monoisotopic (exact) mass is 451 g/mol. The van der Waals surface area contributed by atoms with Crippen LogP contribution >= 0.6 is 0 Å². The van der Waals surface area contributed by atoms with E-state index in [0.29, 0.717) is 11.3 Å². The molecule has 1 heterocycles. The average Bonchev–Trinajstić information content (AvgIpc) is 3.26. The molecule has 0 spiro atoms. The summed E-state index contributed by atoms with van der Waals surface area (Å²) in [5, 5.41) is 2.65. The van der Waals surface area contributed by atoms with Crippen LogP contribution < -0.4 is 10.0 Å². The van der Waals surface area contributed by atoms with Gasteiger partial charge in [0.05, 0.1) is 23.7 Å². The lowest BCUT2D eigenvalue weighted by Gasteiger charge is -2.11. The number of anilines is 2. The summed E-state index contributed by atoms with van der Waals surface area (Å²) in [7, 11) is -3.68. The Kier molecular flexibility index (Phi) is 5.74. The van der Waals surface area contributed by atoms with Gasteiger partial charge < -0.3 is 9.73 Å². The summed E-state index contributed by atoms with van der Waals surface area (Å²) in [5.41, 5.74) is 1.57. The number of sulfonamides is 1. The Balaban J connectivity index is 1.62. The minimum Gasteiger partial charge on any atom is -0.436 e. The first-order valence-electron chi connectivity index (χ1n) is 9.49. The van der Waals surface area contributed by atoms with E-state index in [0.717, 1.165) is 17.9 Å². The van der Waals surface area contributed by atoms with Crippen LogP contribution in [0, 0.1) is 5.82 Å². The SMILES string of the molecule is CS(=O)(=O)Nc1cc(NC(=O)c2ccccc2-c2ncc(-c3ccccc3)o2)ccc1F. The Morgan fingerprint density at radius 3 is 2.47 bits per heavy atom. The number of hydrogen-bond donors (Lipinski definition) is 2. The Morgan fingerprint density at radius 2 is 1.72 bits per heavy atom. The lowest BCUT2D eigenvalue weighted by Crippen LogP contribution is -2.15. The maximum Gasteiger partial charge on any atom is 0.256 e. The number of benzene rings is 3. The predicted octanol–water partition coefficient (Wildman–Crippen LogP) is 4.77. The fraction of sp³-hybridized carbons (Fsp3) is 0.0435. The van der Waals surface area contributed by atoms with E-state index in [-0.39, 0.29) is 22.8 Å². The second-order valence-electron chi connectivity index (χ2n) is 6.96. The van der Waals surface area contributed by atoms with Crippen LogP contribution in [-0.4, -0.2) is 25.6 Å². The van der Waals surface area contributed by atoms with Gasteiger partial charge in [-0.25, -0.2) is 17.8 Å². The van der Waals surface area contributed by atoms with Crippen molar-refractivity contribution in [3.63, 3.8) is 0 Å². The van der Waals surface area contributed by atoms with Gasteiger partial charge >= 0.3 is 0 Å². The Morgan fingerprint density at radius 1 is 1.00 bits per heavy atom. The van der Waals surface area contributed by atoms with Crippen LogP contribution in [0.15, 0.2) is 83.4 Å². The van der Waals surface area contributed by atoms with Crippen molar-refractivity contribution in [3.05, 3.63) is 90.4 Å². The summed E-state index contributed by atoms with van der Waals surface area (Å²) in [6, 6.07) is 19.8. The van der Waals surface area contributed by atoms with Gasteiger partial charge in [0.25, 0.3) is 5.91 Å². The van der Waals surface area contributed by atoms with Crippen molar-refractivity contribution in [2.45, 2.75) is 0 Å². The molecule has 0 fully saturated rings. The van der Waals surface area contributed by atoms with Gasteiger partial charge in [-0.05, 0) is 30.3 Å². The molecule has 4 rings (SSSR count). The molecule has 0 aliphatic heterocycles. The molecule has 1 aromatic heterocycles. The molecule has 0 radical (unpaired) electrons. The fourth-order valence-electron chi connectivity index (χ4n) is 3.08. The summed E-state index contributed by atoms with van der Waals surface area (Å²) in [6.07, 6.45) is 2.50. The summed E-state index contributed by atoms with van der Waals surface area (Å²) < 4.78 is 44.7. The second-order valence-corrected chi connectivity index (χ2v) is 8.71. The summed E-state index contributed by atoms with van der Waals surface area (Å²) >= 11 is 0. The molecule has 9 heteroatoms. The Bertz CT molecular complexity index is 1390. The van der Waals surface area contributed by atoms with Crippen molar-refractivity contribution in [1.29, 1.82) is 0 Å². The third-order valence-electron chi connectivity index (χ3n) is 4.49. The standard InChI is InChI=1S/C23H18FN3O4S/c1-32(29,30)27-20-13-16(11-12-19(20)24)26-22(28)17-9-5-6-10-18(17)23-25-14-21(31-23)15-7-3-2-4-8-15/h2-14,27H,1H3,(H,26,28). The van der Waals surface area contributed by atoms with Crippen molar-refractivity contribution in [2.24, 2.45) is 0 Å². The van der Waals surface area contributed by atoms with E-state index in [2.05, 4.69) is 15.0 Å². The van der Waals surface area contributed by atoms with E-state index in [1.54, 1.807) is 30.5 Å². The molecule has 32 heavy (non-hydrogen) atoms. The van der Waals surface area contributed by atoms with E-state index < -0.39 is 21.7 Å². The van der Waals surface area contributed by atoms with Gasteiger partial charge in [0, 0.05) is 16.8 Å². The molecule has 0 unspecified atom stereocenters. The van der Waals surface area contributed by atoms with Crippen molar-refractivity contribution in [1.82, 2.24) is 4.98 Å². The lowest BCUT2D eigenvalue weighted by molar-refractivity contribution is 0.102. The van der Waals surface area contributed by atoms with Crippen LogP contribution in [0.2, 0.25) is 0 Å². The van der Waals surface area contributed by atoms with Gasteiger partial charge in [-0.1, -0.05) is 42.5 Å². The van der Waals surface area contributed by atoms with E-state index in [1.165, 1.54) is 12.1 Å². The topological polar surface area (TPSA) is 101 Å². The number of aromatic nitrogens is 1. The normalized spacial score (nSPS) is 11.2. The molecular formula is C23H18FN3O4S. The van der Waals surface area contributed by atoms with Crippen LogP contribution in [0.3, 0.4) is 0 Å². The summed E-state index contributed by atoms with van der Waals surface area (Å²) in [6.45, 7) is 0. The van der Waals surface area contributed by atoms with Gasteiger partial charge in [-0.3, -0.25) is 9.52 Å². The van der Waals surface area contributed by atoms with E-state index in [4.69, 9.17) is 4.42 Å². The number of carbonyl (C=O) groups excluding carboxylic acids is 1. The number of hydrogen-bond acceptors (Lipinski definition) is 5. The van der Waals surface area contributed by atoms with E-state index in [9.17, 15) is 17.6 Å². The number of amides is 1. The third-order valence-corrected chi connectivity index (χ3v) is 5.08. The number of oxazole rings is 1. The molecule has 0 saturated carbocycles. The second kappa shape index (κ2) is 8.64. The molecule has 0 atom stereocenters. The molecule has 1 amide bonds. The molecule has 0 aliphatic carbocycles. The highest BCUT2D eigenvalue weighted by molar-refractivity contribution is 7.92.